The van der Waals surface area contributed by atoms with Crippen LogP contribution in [-0.4, -0.2) is 47.1 Å². The lowest BCUT2D eigenvalue weighted by molar-refractivity contribution is -0.119. The molecule has 0 bridgehead atoms. The molecule has 8 nitrogen and oxygen atoms in total. The third-order valence-corrected chi connectivity index (χ3v) is 7.19. The van der Waals surface area contributed by atoms with E-state index < -0.39 is 16.1 Å². The van der Waals surface area contributed by atoms with Gasteiger partial charge in [-0.2, -0.15) is 13.1 Å². The molecule has 1 fully saturated rings. The highest BCUT2D eigenvalue weighted by Crippen LogP contribution is 2.31. The number of para-hydroxylation sites is 2. The lowest BCUT2D eigenvalue weighted by atomic mass is 10.2. The molecule has 0 unspecified atom stereocenters. The van der Waals surface area contributed by atoms with E-state index in [4.69, 9.17) is 4.74 Å². The van der Waals surface area contributed by atoms with Crippen LogP contribution in [-0.2, 0) is 14.8 Å². The predicted octanol–water partition coefficient (Wildman–Crippen LogP) is 2.49. The van der Waals surface area contributed by atoms with E-state index in [2.05, 4.69) is 14.1 Å². The first-order valence-corrected chi connectivity index (χ1v) is 10.9. The van der Waals surface area contributed by atoms with Crippen molar-refractivity contribution < 1.29 is 17.9 Å². The summed E-state index contributed by atoms with van der Waals surface area (Å²) in [6, 6.07) is 11.1. The van der Waals surface area contributed by atoms with Gasteiger partial charge in [-0.15, -0.1) is 0 Å². The number of nitrogens with one attached hydrogen (secondary N) is 1. The molecule has 0 radical (unpaired) electrons. The van der Waals surface area contributed by atoms with E-state index in [-0.39, 0.29) is 17.3 Å². The molecule has 0 saturated carbocycles. The zero-order valence-electron chi connectivity index (χ0n) is 15.0. The lowest BCUT2D eigenvalue weighted by Crippen LogP contribution is -2.43. The van der Waals surface area contributed by atoms with Crippen molar-refractivity contribution in [2.45, 2.75) is 23.8 Å². The van der Waals surface area contributed by atoms with Crippen LogP contribution >= 0.6 is 11.7 Å². The minimum atomic E-state index is -3.89. The second-order valence-electron chi connectivity index (χ2n) is 6.35. The van der Waals surface area contributed by atoms with Crippen molar-refractivity contribution in [1.29, 1.82) is 0 Å². The lowest BCUT2D eigenvalue weighted by Gasteiger charge is -2.23. The molecule has 4 rings (SSSR count). The third-order valence-electron chi connectivity index (χ3n) is 4.71. The second-order valence-corrected chi connectivity index (χ2v) is 8.74. The minimum Gasteiger partial charge on any atom is -0.495 e. The van der Waals surface area contributed by atoms with Gasteiger partial charge in [0.15, 0.2) is 0 Å². The number of carbonyl (C=O) groups excluding carboxylic acids is 1. The monoisotopic (exact) mass is 418 g/mol. The number of methoxy groups -OCH3 is 1. The van der Waals surface area contributed by atoms with Crippen LogP contribution < -0.4 is 10.1 Å². The Labute approximate surface area is 166 Å². The number of carbonyl (C=O) groups is 1. The fraction of sp³-hybridized carbons (Fsp3) is 0.278. The van der Waals surface area contributed by atoms with Crippen LogP contribution in [0.4, 0.5) is 5.69 Å². The first-order chi connectivity index (χ1) is 13.5. The van der Waals surface area contributed by atoms with Gasteiger partial charge in [-0.3, -0.25) is 4.79 Å². The maximum Gasteiger partial charge on any atom is 0.246 e. The van der Waals surface area contributed by atoms with Crippen molar-refractivity contribution >= 4 is 44.4 Å². The number of anilines is 1. The molecule has 28 heavy (non-hydrogen) atoms. The molecule has 1 aliphatic rings. The SMILES string of the molecule is COc1ccccc1NC(=O)[C@H]1CCCN1S(=O)(=O)c1cccc2nsnc12. The number of amides is 1. The van der Waals surface area contributed by atoms with Gasteiger partial charge in [0.25, 0.3) is 0 Å². The second kappa shape index (κ2) is 7.46. The summed E-state index contributed by atoms with van der Waals surface area (Å²) < 4.78 is 41.3. The maximum atomic E-state index is 13.3. The van der Waals surface area contributed by atoms with E-state index in [0.717, 1.165) is 11.7 Å². The summed E-state index contributed by atoms with van der Waals surface area (Å²) in [7, 11) is -2.38. The molecular weight excluding hydrogens is 400 g/mol. The number of fused-ring (bicyclic) bond motifs is 1. The van der Waals surface area contributed by atoms with Gasteiger partial charge in [0.1, 0.15) is 27.7 Å². The molecule has 2 heterocycles. The Morgan fingerprint density at radius 3 is 2.86 bits per heavy atom. The molecular formula is C18H18N4O4S2. The quantitative estimate of drug-likeness (QED) is 0.683. The van der Waals surface area contributed by atoms with Gasteiger partial charge in [-0.05, 0) is 37.1 Å². The van der Waals surface area contributed by atoms with Crippen LogP contribution in [0.5, 0.6) is 5.75 Å². The van der Waals surface area contributed by atoms with E-state index in [1.807, 2.05) is 0 Å². The van der Waals surface area contributed by atoms with Crippen molar-refractivity contribution in [2.75, 3.05) is 19.0 Å². The molecule has 1 aliphatic heterocycles. The summed E-state index contributed by atoms with van der Waals surface area (Å²) in [5, 5.41) is 2.79. The molecule has 0 aliphatic carbocycles. The van der Waals surface area contributed by atoms with Crippen LogP contribution in [0.2, 0.25) is 0 Å². The molecule has 3 aromatic rings. The number of hydrogen-bond donors (Lipinski definition) is 1. The average Bonchev–Trinajstić information content (AvgIpc) is 3.37. The van der Waals surface area contributed by atoms with Gasteiger partial charge < -0.3 is 10.1 Å². The highest BCUT2D eigenvalue weighted by Gasteiger charge is 2.40. The smallest absolute Gasteiger partial charge is 0.246 e. The molecule has 1 amide bonds. The first kappa shape index (κ1) is 18.8. The van der Waals surface area contributed by atoms with Gasteiger partial charge in [0, 0.05) is 6.54 Å². The van der Waals surface area contributed by atoms with Gasteiger partial charge in [-0.25, -0.2) is 8.42 Å². The Hall–Kier alpha value is -2.56. The topological polar surface area (TPSA) is 101 Å². The number of nitrogens with zero attached hydrogens (tertiary/aromatic N) is 3. The molecule has 0 spiro atoms. The molecule has 10 heteroatoms. The number of ether oxygens (including phenoxy) is 1. The largest absolute Gasteiger partial charge is 0.495 e. The average molecular weight is 419 g/mol. The van der Waals surface area contributed by atoms with E-state index in [1.165, 1.54) is 17.5 Å². The van der Waals surface area contributed by atoms with Crippen LogP contribution in [0.25, 0.3) is 11.0 Å². The fourth-order valence-corrected chi connectivity index (χ4v) is 5.78. The van der Waals surface area contributed by atoms with Crippen molar-refractivity contribution in [3.8, 4) is 5.75 Å². The molecule has 2 aromatic carbocycles. The maximum absolute atomic E-state index is 13.3. The van der Waals surface area contributed by atoms with Crippen molar-refractivity contribution in [2.24, 2.45) is 0 Å². The number of hydrogen-bond acceptors (Lipinski definition) is 7. The molecule has 1 saturated heterocycles. The minimum absolute atomic E-state index is 0.0794. The summed E-state index contributed by atoms with van der Waals surface area (Å²) in [5.74, 6) is 0.135. The first-order valence-electron chi connectivity index (χ1n) is 8.69. The number of aromatic nitrogens is 2. The molecule has 1 atom stereocenters. The fourth-order valence-electron chi connectivity index (χ4n) is 3.37. The van der Waals surface area contributed by atoms with Gasteiger partial charge in [0.2, 0.25) is 15.9 Å². The van der Waals surface area contributed by atoms with Crippen molar-refractivity contribution in [3.05, 3.63) is 42.5 Å². The standard InChI is InChI=1S/C18H18N4O4S2/c1-26-15-9-3-2-6-12(15)19-18(23)14-8-5-11-22(14)28(24,25)16-10-4-7-13-17(16)21-27-20-13/h2-4,6-7,9-10,14H,5,8,11H2,1H3,(H,19,23)/t14-/m1/s1. The molecule has 146 valence electrons. The van der Waals surface area contributed by atoms with E-state index in [0.29, 0.717) is 35.3 Å². The van der Waals surface area contributed by atoms with Gasteiger partial charge >= 0.3 is 0 Å². The van der Waals surface area contributed by atoms with Crippen LogP contribution in [0.3, 0.4) is 0 Å². The zero-order chi connectivity index (χ0) is 19.7. The Morgan fingerprint density at radius 1 is 1.21 bits per heavy atom. The van der Waals surface area contributed by atoms with Gasteiger partial charge in [-0.1, -0.05) is 18.2 Å². The molecule has 1 N–H and O–H groups in total. The predicted molar refractivity (Wildman–Crippen MR) is 106 cm³/mol. The number of rotatable bonds is 5. The highest BCUT2D eigenvalue weighted by molar-refractivity contribution is 7.89. The van der Waals surface area contributed by atoms with Crippen LogP contribution in [0, 0.1) is 0 Å². The van der Waals surface area contributed by atoms with Crippen LogP contribution in [0.1, 0.15) is 12.8 Å². The Kier molecular flexibility index (Phi) is 5.00. The Balaban J connectivity index is 1.64. The molecule has 1 aromatic heterocycles. The normalized spacial score (nSPS) is 17.7. The summed E-state index contributed by atoms with van der Waals surface area (Å²) >= 11 is 0.963. The summed E-state index contributed by atoms with van der Waals surface area (Å²) in [6.07, 6.45) is 1.06. The zero-order valence-corrected chi connectivity index (χ0v) is 16.7. The van der Waals surface area contributed by atoms with Gasteiger partial charge in [0.05, 0.1) is 24.5 Å². The van der Waals surface area contributed by atoms with Crippen molar-refractivity contribution in [1.82, 2.24) is 13.1 Å². The summed E-state index contributed by atoms with van der Waals surface area (Å²) in [4.78, 5) is 13.0. The Bertz CT molecular complexity index is 1130. The highest BCUT2D eigenvalue weighted by atomic mass is 32.2. The summed E-state index contributed by atoms with van der Waals surface area (Å²) in [6.45, 7) is 0.278. The summed E-state index contributed by atoms with van der Waals surface area (Å²) in [5.41, 5.74) is 1.37. The van der Waals surface area contributed by atoms with Crippen LogP contribution in [0.15, 0.2) is 47.4 Å². The van der Waals surface area contributed by atoms with E-state index in [9.17, 15) is 13.2 Å². The Morgan fingerprint density at radius 2 is 2.04 bits per heavy atom. The van der Waals surface area contributed by atoms with E-state index in [1.54, 1.807) is 36.4 Å². The van der Waals surface area contributed by atoms with Crippen molar-refractivity contribution in [3.63, 3.8) is 0 Å². The number of sulfonamides is 1. The van der Waals surface area contributed by atoms with E-state index >= 15 is 0 Å². The number of benzene rings is 2. The third kappa shape index (κ3) is 3.23.